The highest BCUT2D eigenvalue weighted by atomic mass is 19.4. The summed E-state index contributed by atoms with van der Waals surface area (Å²) in [6.07, 6.45) is -1.87. The van der Waals surface area contributed by atoms with E-state index >= 15 is 0 Å². The monoisotopic (exact) mass is 243 g/mol. The zero-order chi connectivity index (χ0) is 12.5. The topological polar surface area (TPSA) is 3.24 Å². The molecule has 1 unspecified atom stereocenters. The largest absolute Gasteiger partial charge is 0.416 e. The lowest BCUT2D eigenvalue weighted by molar-refractivity contribution is -0.137. The molecule has 1 fully saturated rings. The van der Waals surface area contributed by atoms with Crippen molar-refractivity contribution in [2.24, 2.45) is 0 Å². The van der Waals surface area contributed by atoms with Gasteiger partial charge in [-0.3, -0.25) is 4.90 Å². The zero-order valence-electron chi connectivity index (χ0n) is 9.80. The summed E-state index contributed by atoms with van der Waals surface area (Å²) in [5, 5.41) is 0. The van der Waals surface area contributed by atoms with E-state index < -0.39 is 11.7 Å². The van der Waals surface area contributed by atoms with Crippen LogP contribution in [-0.2, 0) is 12.7 Å². The highest BCUT2D eigenvalue weighted by Crippen LogP contribution is 2.29. The minimum atomic E-state index is -4.24. The van der Waals surface area contributed by atoms with Crippen LogP contribution in [0.15, 0.2) is 24.3 Å². The van der Waals surface area contributed by atoms with Crippen molar-refractivity contribution in [3.63, 3.8) is 0 Å². The molecule has 1 aliphatic rings. The number of benzene rings is 1. The van der Waals surface area contributed by atoms with Crippen LogP contribution in [0.5, 0.6) is 0 Å². The lowest BCUT2D eigenvalue weighted by Gasteiger charge is -2.21. The maximum absolute atomic E-state index is 12.4. The first-order chi connectivity index (χ1) is 7.97. The molecule has 94 valence electrons. The third-order valence-corrected chi connectivity index (χ3v) is 3.36. The Hall–Kier alpha value is -1.03. The van der Waals surface area contributed by atoms with E-state index in [9.17, 15) is 13.2 Å². The van der Waals surface area contributed by atoms with Crippen LogP contribution in [0.2, 0.25) is 0 Å². The van der Waals surface area contributed by atoms with Gasteiger partial charge < -0.3 is 0 Å². The minimum absolute atomic E-state index is 0.539. The standard InChI is InChI=1S/C13H16F3N/c1-10-3-2-8-17(10)9-11-4-6-12(7-5-11)13(14,15)16/h4-7,10H,2-3,8-9H2,1H3. The normalized spacial score (nSPS) is 22.0. The van der Waals surface area contributed by atoms with Gasteiger partial charge in [0, 0.05) is 12.6 Å². The molecule has 0 amide bonds. The summed E-state index contributed by atoms with van der Waals surface area (Å²) in [5.74, 6) is 0. The van der Waals surface area contributed by atoms with Crippen LogP contribution < -0.4 is 0 Å². The highest BCUT2D eigenvalue weighted by Gasteiger charge is 2.30. The predicted octanol–water partition coefficient (Wildman–Crippen LogP) is 3.69. The summed E-state index contributed by atoms with van der Waals surface area (Å²) in [4.78, 5) is 2.31. The molecule has 4 heteroatoms. The average molecular weight is 243 g/mol. The molecule has 0 saturated carbocycles. The first-order valence-electron chi connectivity index (χ1n) is 5.87. The molecule has 1 nitrogen and oxygen atoms in total. The smallest absolute Gasteiger partial charge is 0.296 e. The van der Waals surface area contributed by atoms with Crippen molar-refractivity contribution in [3.05, 3.63) is 35.4 Å². The van der Waals surface area contributed by atoms with Gasteiger partial charge in [-0.05, 0) is 44.0 Å². The van der Waals surface area contributed by atoms with E-state index in [1.807, 2.05) is 0 Å². The van der Waals surface area contributed by atoms with E-state index in [-0.39, 0.29) is 0 Å². The SMILES string of the molecule is CC1CCCN1Cc1ccc(C(F)(F)F)cc1. The summed E-state index contributed by atoms with van der Waals surface area (Å²) >= 11 is 0. The third-order valence-electron chi connectivity index (χ3n) is 3.36. The summed E-state index contributed by atoms with van der Waals surface area (Å²) in [6.45, 7) is 3.96. The van der Waals surface area contributed by atoms with Gasteiger partial charge in [0.15, 0.2) is 0 Å². The minimum Gasteiger partial charge on any atom is -0.296 e. The van der Waals surface area contributed by atoms with E-state index in [4.69, 9.17) is 0 Å². The molecular weight excluding hydrogens is 227 g/mol. The van der Waals surface area contributed by atoms with E-state index in [0.29, 0.717) is 6.04 Å². The molecule has 1 aliphatic heterocycles. The van der Waals surface area contributed by atoms with E-state index in [0.717, 1.165) is 30.8 Å². The fourth-order valence-corrected chi connectivity index (χ4v) is 2.26. The van der Waals surface area contributed by atoms with Gasteiger partial charge in [0.05, 0.1) is 5.56 Å². The van der Waals surface area contributed by atoms with Crippen molar-refractivity contribution in [3.8, 4) is 0 Å². The van der Waals surface area contributed by atoms with Crippen LogP contribution in [0.4, 0.5) is 13.2 Å². The lowest BCUT2D eigenvalue weighted by atomic mass is 10.1. The maximum Gasteiger partial charge on any atom is 0.416 e. The van der Waals surface area contributed by atoms with Gasteiger partial charge in [0.2, 0.25) is 0 Å². The Kier molecular flexibility index (Phi) is 3.43. The van der Waals surface area contributed by atoms with Gasteiger partial charge in [0.1, 0.15) is 0 Å². The summed E-state index contributed by atoms with van der Waals surface area (Å²) in [5.41, 5.74) is 0.377. The van der Waals surface area contributed by atoms with Crippen molar-refractivity contribution < 1.29 is 13.2 Å². The molecule has 0 bridgehead atoms. The second kappa shape index (κ2) is 4.69. The Morgan fingerprint density at radius 1 is 1.24 bits per heavy atom. The number of likely N-dealkylation sites (tertiary alicyclic amines) is 1. The molecule has 0 aromatic heterocycles. The molecule has 1 aromatic rings. The Bertz CT molecular complexity index is 369. The zero-order valence-corrected chi connectivity index (χ0v) is 9.80. The predicted molar refractivity (Wildman–Crippen MR) is 60.6 cm³/mol. The van der Waals surface area contributed by atoms with E-state index in [1.165, 1.54) is 12.8 Å². The van der Waals surface area contributed by atoms with Gasteiger partial charge in [0.25, 0.3) is 0 Å². The van der Waals surface area contributed by atoms with Crippen molar-refractivity contribution in [2.45, 2.75) is 38.5 Å². The van der Waals surface area contributed by atoms with Crippen LogP contribution in [0.25, 0.3) is 0 Å². The maximum atomic E-state index is 12.4. The molecule has 0 aliphatic carbocycles. The first-order valence-corrected chi connectivity index (χ1v) is 5.87. The van der Waals surface area contributed by atoms with Crippen molar-refractivity contribution in [2.75, 3.05) is 6.54 Å². The Morgan fingerprint density at radius 2 is 1.88 bits per heavy atom. The van der Waals surface area contributed by atoms with Gasteiger partial charge >= 0.3 is 6.18 Å². The number of hydrogen-bond donors (Lipinski definition) is 0. The van der Waals surface area contributed by atoms with Crippen molar-refractivity contribution >= 4 is 0 Å². The second-order valence-corrected chi connectivity index (χ2v) is 4.66. The second-order valence-electron chi connectivity index (χ2n) is 4.66. The summed E-state index contributed by atoms with van der Waals surface area (Å²) < 4.78 is 37.1. The van der Waals surface area contributed by atoms with Gasteiger partial charge in [-0.25, -0.2) is 0 Å². The number of hydrogen-bond acceptors (Lipinski definition) is 1. The lowest BCUT2D eigenvalue weighted by Crippen LogP contribution is -2.26. The summed E-state index contributed by atoms with van der Waals surface area (Å²) in [7, 11) is 0. The molecule has 0 spiro atoms. The van der Waals surface area contributed by atoms with Gasteiger partial charge in [-0.15, -0.1) is 0 Å². The van der Waals surface area contributed by atoms with Crippen LogP contribution in [0.1, 0.15) is 30.9 Å². The fourth-order valence-electron chi connectivity index (χ4n) is 2.26. The molecule has 1 atom stereocenters. The Balaban J connectivity index is 2.03. The third kappa shape index (κ3) is 3.00. The molecular formula is C13H16F3N. The highest BCUT2D eigenvalue weighted by molar-refractivity contribution is 5.24. The fraction of sp³-hybridized carbons (Fsp3) is 0.538. The molecule has 0 radical (unpaired) electrons. The Labute approximate surface area is 99.2 Å². The first kappa shape index (κ1) is 12.4. The molecule has 1 heterocycles. The molecule has 17 heavy (non-hydrogen) atoms. The van der Waals surface area contributed by atoms with Crippen LogP contribution in [0, 0.1) is 0 Å². The molecule has 0 N–H and O–H groups in total. The van der Waals surface area contributed by atoms with Gasteiger partial charge in [-0.2, -0.15) is 13.2 Å². The van der Waals surface area contributed by atoms with Gasteiger partial charge in [-0.1, -0.05) is 12.1 Å². The molecule has 1 saturated heterocycles. The number of alkyl halides is 3. The molecule has 1 aromatic carbocycles. The van der Waals surface area contributed by atoms with Crippen molar-refractivity contribution in [1.29, 1.82) is 0 Å². The number of nitrogens with zero attached hydrogens (tertiary/aromatic N) is 1. The Morgan fingerprint density at radius 3 is 2.35 bits per heavy atom. The van der Waals surface area contributed by atoms with Crippen LogP contribution >= 0.6 is 0 Å². The van der Waals surface area contributed by atoms with E-state index in [2.05, 4.69) is 11.8 Å². The molecule has 2 rings (SSSR count). The van der Waals surface area contributed by atoms with Crippen molar-refractivity contribution in [1.82, 2.24) is 4.90 Å². The average Bonchev–Trinajstić information content (AvgIpc) is 2.64. The number of rotatable bonds is 2. The summed E-state index contributed by atoms with van der Waals surface area (Å²) in [6, 6.07) is 6.02. The quantitative estimate of drug-likeness (QED) is 0.765. The van der Waals surface area contributed by atoms with Crippen LogP contribution in [0.3, 0.4) is 0 Å². The van der Waals surface area contributed by atoms with E-state index in [1.54, 1.807) is 12.1 Å². The number of halogens is 3. The van der Waals surface area contributed by atoms with Crippen LogP contribution in [-0.4, -0.2) is 17.5 Å².